The molecule has 0 radical (unpaired) electrons. The fourth-order valence-corrected chi connectivity index (χ4v) is 2.86. The summed E-state index contributed by atoms with van der Waals surface area (Å²) in [7, 11) is 0. The lowest BCUT2D eigenvalue weighted by molar-refractivity contribution is 0.104. The number of fused-ring (bicyclic) bond motifs is 1. The van der Waals surface area contributed by atoms with Gasteiger partial charge in [-0.3, -0.25) is 4.79 Å². The third kappa shape index (κ3) is 2.85. The second-order valence-electron chi connectivity index (χ2n) is 6.84. The molecule has 0 bridgehead atoms. The van der Waals surface area contributed by atoms with E-state index < -0.39 is 0 Å². The highest BCUT2D eigenvalue weighted by Gasteiger charge is 2.21. The van der Waals surface area contributed by atoms with Crippen LogP contribution in [0.15, 0.2) is 60.7 Å². The number of rotatable bonds is 2. The minimum Gasteiger partial charge on any atom is -0.508 e. The molecule has 23 heavy (non-hydrogen) atoms. The normalized spacial score (nSPS) is 11.6. The van der Waals surface area contributed by atoms with Crippen LogP contribution >= 0.6 is 0 Å². The average Bonchev–Trinajstić information content (AvgIpc) is 2.53. The number of aromatic hydroxyl groups is 1. The number of benzene rings is 3. The van der Waals surface area contributed by atoms with E-state index in [4.69, 9.17) is 0 Å². The van der Waals surface area contributed by atoms with Gasteiger partial charge in [0.05, 0.1) is 0 Å². The topological polar surface area (TPSA) is 37.3 Å². The first-order valence-electron chi connectivity index (χ1n) is 7.74. The largest absolute Gasteiger partial charge is 0.508 e. The SMILES string of the molecule is CC(C)(C)c1cc(C(=O)c2cccc3ccccc23)ccc1O. The van der Waals surface area contributed by atoms with Crippen LogP contribution < -0.4 is 0 Å². The Bertz CT molecular complexity index is 880. The van der Waals surface area contributed by atoms with E-state index in [0.717, 1.165) is 16.3 Å². The molecule has 0 fully saturated rings. The molecule has 3 aromatic rings. The number of hydrogen-bond acceptors (Lipinski definition) is 2. The van der Waals surface area contributed by atoms with Gasteiger partial charge in [0.1, 0.15) is 5.75 Å². The smallest absolute Gasteiger partial charge is 0.193 e. The first-order valence-corrected chi connectivity index (χ1v) is 7.74. The summed E-state index contributed by atoms with van der Waals surface area (Å²) >= 11 is 0. The molecule has 0 aliphatic heterocycles. The van der Waals surface area contributed by atoms with Crippen LogP contribution in [0.5, 0.6) is 5.75 Å². The molecule has 0 saturated heterocycles. The summed E-state index contributed by atoms with van der Waals surface area (Å²) in [6, 6.07) is 18.7. The van der Waals surface area contributed by atoms with Crippen LogP contribution in [0, 0.1) is 0 Å². The van der Waals surface area contributed by atoms with Gasteiger partial charge in [-0.05, 0) is 39.9 Å². The Balaban J connectivity index is 2.14. The highest BCUT2D eigenvalue weighted by atomic mass is 16.3. The zero-order valence-corrected chi connectivity index (χ0v) is 13.6. The molecule has 0 spiro atoms. The first kappa shape index (κ1) is 15.3. The molecular formula is C21H20O2. The Kier molecular flexibility index (Phi) is 3.69. The quantitative estimate of drug-likeness (QED) is 0.671. The molecule has 0 amide bonds. The number of carbonyl (C=O) groups excluding carboxylic acids is 1. The number of carbonyl (C=O) groups is 1. The van der Waals surface area contributed by atoms with Crippen molar-refractivity contribution < 1.29 is 9.90 Å². The van der Waals surface area contributed by atoms with Crippen LogP contribution in [0.1, 0.15) is 42.3 Å². The van der Waals surface area contributed by atoms with Crippen molar-refractivity contribution in [2.24, 2.45) is 0 Å². The van der Waals surface area contributed by atoms with Gasteiger partial charge in [-0.2, -0.15) is 0 Å². The van der Waals surface area contributed by atoms with Crippen LogP contribution in [0.3, 0.4) is 0 Å². The van der Waals surface area contributed by atoms with E-state index >= 15 is 0 Å². The second-order valence-corrected chi connectivity index (χ2v) is 6.84. The zero-order valence-electron chi connectivity index (χ0n) is 13.6. The summed E-state index contributed by atoms with van der Waals surface area (Å²) in [4.78, 5) is 13.0. The Morgan fingerprint density at radius 2 is 1.61 bits per heavy atom. The van der Waals surface area contributed by atoms with Crippen molar-refractivity contribution in [3.8, 4) is 5.75 Å². The van der Waals surface area contributed by atoms with Crippen molar-refractivity contribution in [1.29, 1.82) is 0 Å². The van der Waals surface area contributed by atoms with Crippen molar-refractivity contribution in [3.05, 3.63) is 77.4 Å². The van der Waals surface area contributed by atoms with Gasteiger partial charge in [-0.25, -0.2) is 0 Å². The number of ketones is 1. The van der Waals surface area contributed by atoms with Crippen LogP contribution in [-0.2, 0) is 5.41 Å². The fraction of sp³-hybridized carbons (Fsp3) is 0.190. The monoisotopic (exact) mass is 304 g/mol. The molecule has 3 aromatic carbocycles. The van der Waals surface area contributed by atoms with Gasteiger partial charge < -0.3 is 5.11 Å². The van der Waals surface area contributed by atoms with Gasteiger partial charge in [0, 0.05) is 11.1 Å². The molecule has 3 rings (SSSR count). The van der Waals surface area contributed by atoms with E-state index in [9.17, 15) is 9.90 Å². The summed E-state index contributed by atoms with van der Waals surface area (Å²) in [6.45, 7) is 6.07. The standard InChI is InChI=1S/C21H20O2/c1-21(2,3)18-13-15(11-12-19(18)22)20(23)17-10-6-8-14-7-4-5-9-16(14)17/h4-13,22H,1-3H3. The van der Waals surface area contributed by atoms with E-state index in [-0.39, 0.29) is 16.9 Å². The van der Waals surface area contributed by atoms with Crippen molar-refractivity contribution >= 4 is 16.6 Å². The highest BCUT2D eigenvalue weighted by molar-refractivity contribution is 6.16. The highest BCUT2D eigenvalue weighted by Crippen LogP contribution is 2.32. The van der Waals surface area contributed by atoms with E-state index in [0.29, 0.717) is 11.1 Å². The van der Waals surface area contributed by atoms with E-state index in [1.165, 1.54) is 0 Å². The van der Waals surface area contributed by atoms with Crippen molar-refractivity contribution in [2.75, 3.05) is 0 Å². The predicted octanol–water partition coefficient (Wildman–Crippen LogP) is 5.07. The Labute approximate surface area is 136 Å². The second kappa shape index (κ2) is 5.54. The van der Waals surface area contributed by atoms with Gasteiger partial charge in [-0.15, -0.1) is 0 Å². The van der Waals surface area contributed by atoms with Gasteiger partial charge in [-0.1, -0.05) is 63.2 Å². The molecular weight excluding hydrogens is 284 g/mol. The Morgan fingerprint density at radius 1 is 0.913 bits per heavy atom. The van der Waals surface area contributed by atoms with Crippen molar-refractivity contribution in [1.82, 2.24) is 0 Å². The molecule has 0 atom stereocenters. The maximum absolute atomic E-state index is 13.0. The number of phenolic OH excluding ortho intramolecular Hbond substituents is 1. The van der Waals surface area contributed by atoms with Gasteiger partial charge >= 0.3 is 0 Å². The summed E-state index contributed by atoms with van der Waals surface area (Å²) in [5.74, 6) is 0.208. The maximum atomic E-state index is 13.0. The molecule has 0 unspecified atom stereocenters. The summed E-state index contributed by atoms with van der Waals surface area (Å²) in [6.07, 6.45) is 0. The molecule has 0 aliphatic rings. The third-order valence-corrected chi connectivity index (χ3v) is 4.10. The Hall–Kier alpha value is -2.61. The molecule has 0 aliphatic carbocycles. The molecule has 0 saturated carbocycles. The van der Waals surface area contributed by atoms with Gasteiger partial charge in [0.15, 0.2) is 5.78 Å². The minimum absolute atomic E-state index is 0.0210. The molecule has 0 aromatic heterocycles. The van der Waals surface area contributed by atoms with Gasteiger partial charge in [0.2, 0.25) is 0 Å². The Morgan fingerprint density at radius 3 is 2.35 bits per heavy atom. The molecule has 2 heteroatoms. The minimum atomic E-state index is -0.223. The van der Waals surface area contributed by atoms with E-state index in [1.54, 1.807) is 18.2 Å². The molecule has 2 nitrogen and oxygen atoms in total. The summed E-state index contributed by atoms with van der Waals surface area (Å²) in [5, 5.41) is 12.1. The average molecular weight is 304 g/mol. The summed E-state index contributed by atoms with van der Waals surface area (Å²) in [5.41, 5.74) is 1.85. The van der Waals surface area contributed by atoms with Crippen molar-refractivity contribution in [2.45, 2.75) is 26.2 Å². The van der Waals surface area contributed by atoms with Crippen LogP contribution in [-0.4, -0.2) is 10.9 Å². The lowest BCUT2D eigenvalue weighted by Gasteiger charge is -2.21. The summed E-state index contributed by atoms with van der Waals surface area (Å²) < 4.78 is 0. The third-order valence-electron chi connectivity index (χ3n) is 4.10. The number of hydrogen-bond donors (Lipinski definition) is 1. The van der Waals surface area contributed by atoms with Crippen LogP contribution in [0.25, 0.3) is 10.8 Å². The number of phenols is 1. The first-order chi connectivity index (χ1) is 10.9. The fourth-order valence-electron chi connectivity index (χ4n) is 2.86. The lowest BCUT2D eigenvalue weighted by atomic mass is 9.84. The van der Waals surface area contributed by atoms with E-state index in [1.807, 2.05) is 63.2 Å². The van der Waals surface area contributed by atoms with Crippen molar-refractivity contribution in [3.63, 3.8) is 0 Å². The molecule has 0 heterocycles. The van der Waals surface area contributed by atoms with Crippen LogP contribution in [0.2, 0.25) is 0 Å². The van der Waals surface area contributed by atoms with E-state index in [2.05, 4.69) is 0 Å². The maximum Gasteiger partial charge on any atom is 0.193 e. The molecule has 116 valence electrons. The predicted molar refractivity (Wildman–Crippen MR) is 94.2 cm³/mol. The lowest BCUT2D eigenvalue weighted by Crippen LogP contribution is -2.13. The van der Waals surface area contributed by atoms with Gasteiger partial charge in [0.25, 0.3) is 0 Å². The zero-order chi connectivity index (χ0) is 16.6. The van der Waals surface area contributed by atoms with Crippen LogP contribution in [0.4, 0.5) is 0 Å². The molecule has 1 N–H and O–H groups in total.